The van der Waals surface area contributed by atoms with E-state index in [1.54, 1.807) is 10.2 Å². The first kappa shape index (κ1) is 15.7. The first-order chi connectivity index (χ1) is 8.76. The molecule has 0 radical (unpaired) electrons. The van der Waals surface area contributed by atoms with E-state index in [2.05, 4.69) is 0 Å². The fraction of sp³-hybridized carbons (Fsp3) is 0.800. The number of halogens is 3. The highest BCUT2D eigenvalue weighted by Gasteiger charge is 2.29. The normalized spacial score (nSPS) is 21.1. The number of carbonyl (C=O) groups excluding carboxylic acids is 1. The van der Waals surface area contributed by atoms with Crippen LogP contribution in [-0.4, -0.2) is 66.9 Å². The second-order valence-corrected chi connectivity index (χ2v) is 4.22. The van der Waals surface area contributed by atoms with Gasteiger partial charge in [-0.3, -0.25) is 14.5 Å². The van der Waals surface area contributed by atoms with Gasteiger partial charge in [-0.15, -0.1) is 0 Å². The SMILES string of the molecule is O=C(O)CC1CN(CC(=O)NCC(F)(F)F)CCO1. The van der Waals surface area contributed by atoms with Gasteiger partial charge < -0.3 is 15.2 Å². The summed E-state index contributed by atoms with van der Waals surface area (Å²) in [5.74, 6) is -1.76. The summed E-state index contributed by atoms with van der Waals surface area (Å²) in [7, 11) is 0. The Hall–Kier alpha value is -1.35. The quantitative estimate of drug-likeness (QED) is 0.733. The summed E-state index contributed by atoms with van der Waals surface area (Å²) < 4.78 is 40.8. The smallest absolute Gasteiger partial charge is 0.405 e. The fourth-order valence-corrected chi connectivity index (χ4v) is 1.70. The fourth-order valence-electron chi connectivity index (χ4n) is 1.70. The van der Waals surface area contributed by atoms with E-state index in [4.69, 9.17) is 9.84 Å². The van der Waals surface area contributed by atoms with Gasteiger partial charge in [0.1, 0.15) is 6.54 Å². The highest BCUT2D eigenvalue weighted by molar-refractivity contribution is 5.78. The third-order valence-corrected chi connectivity index (χ3v) is 2.48. The van der Waals surface area contributed by atoms with Gasteiger partial charge in [0.15, 0.2) is 0 Å². The van der Waals surface area contributed by atoms with Gasteiger partial charge >= 0.3 is 12.1 Å². The van der Waals surface area contributed by atoms with E-state index in [-0.39, 0.29) is 26.1 Å². The van der Waals surface area contributed by atoms with Crippen LogP contribution in [-0.2, 0) is 14.3 Å². The first-order valence-electron chi connectivity index (χ1n) is 5.65. The van der Waals surface area contributed by atoms with Gasteiger partial charge in [0.05, 0.1) is 25.7 Å². The molecule has 1 fully saturated rings. The lowest BCUT2D eigenvalue weighted by molar-refractivity contribution is -0.143. The number of hydrogen-bond acceptors (Lipinski definition) is 4. The van der Waals surface area contributed by atoms with Crippen molar-refractivity contribution in [3.63, 3.8) is 0 Å². The first-order valence-corrected chi connectivity index (χ1v) is 5.65. The Labute approximate surface area is 107 Å². The summed E-state index contributed by atoms with van der Waals surface area (Å²) in [6, 6.07) is 0. The number of aliphatic carboxylic acids is 1. The number of hydrogen-bond donors (Lipinski definition) is 2. The molecule has 0 aromatic carbocycles. The van der Waals surface area contributed by atoms with E-state index in [1.165, 1.54) is 0 Å². The molecule has 2 N–H and O–H groups in total. The maximum Gasteiger partial charge on any atom is 0.405 e. The van der Waals surface area contributed by atoms with E-state index in [9.17, 15) is 22.8 Å². The highest BCUT2D eigenvalue weighted by Crippen LogP contribution is 2.12. The Balaban J connectivity index is 2.31. The Kier molecular flexibility index (Phi) is 5.55. The number of amides is 1. The molecule has 1 aliphatic heterocycles. The third-order valence-electron chi connectivity index (χ3n) is 2.48. The van der Waals surface area contributed by atoms with E-state index < -0.39 is 30.7 Å². The summed E-state index contributed by atoms with van der Waals surface area (Å²) in [4.78, 5) is 23.4. The Morgan fingerprint density at radius 3 is 2.68 bits per heavy atom. The van der Waals surface area contributed by atoms with Crippen molar-refractivity contribution in [1.82, 2.24) is 10.2 Å². The average molecular weight is 284 g/mol. The van der Waals surface area contributed by atoms with Crippen molar-refractivity contribution in [3.05, 3.63) is 0 Å². The molecule has 9 heteroatoms. The number of alkyl halides is 3. The molecular formula is C10H15F3N2O4. The summed E-state index contributed by atoms with van der Waals surface area (Å²) in [5, 5.41) is 10.4. The molecule has 0 spiro atoms. The molecule has 6 nitrogen and oxygen atoms in total. The predicted octanol–water partition coefficient (Wildman–Crippen LogP) is -0.160. The topological polar surface area (TPSA) is 78.9 Å². The maximum atomic E-state index is 11.9. The number of ether oxygens (including phenoxy) is 1. The van der Waals surface area contributed by atoms with Crippen molar-refractivity contribution in [1.29, 1.82) is 0 Å². The molecule has 110 valence electrons. The molecule has 0 bridgehead atoms. The van der Waals surface area contributed by atoms with Crippen LogP contribution >= 0.6 is 0 Å². The lowest BCUT2D eigenvalue weighted by Gasteiger charge is -2.31. The van der Waals surface area contributed by atoms with E-state index in [0.717, 1.165) is 0 Å². The van der Waals surface area contributed by atoms with Crippen molar-refractivity contribution >= 4 is 11.9 Å². The second-order valence-electron chi connectivity index (χ2n) is 4.22. The van der Waals surface area contributed by atoms with Crippen LogP contribution in [0, 0.1) is 0 Å². The number of rotatable bonds is 5. The van der Waals surface area contributed by atoms with Crippen molar-refractivity contribution in [2.24, 2.45) is 0 Å². The van der Waals surface area contributed by atoms with Crippen molar-refractivity contribution < 1.29 is 32.6 Å². The Bertz CT molecular complexity index is 335. The average Bonchev–Trinajstić information content (AvgIpc) is 2.25. The summed E-state index contributed by atoms with van der Waals surface area (Å²) in [6.45, 7) is -0.712. The molecule has 0 aromatic rings. The number of carboxylic acid groups (broad SMARTS) is 1. The van der Waals surface area contributed by atoms with Crippen LogP contribution in [0.25, 0.3) is 0 Å². The van der Waals surface area contributed by atoms with Gasteiger partial charge in [-0.05, 0) is 0 Å². The molecule has 0 saturated carbocycles. The van der Waals surface area contributed by atoms with E-state index in [0.29, 0.717) is 6.54 Å². The zero-order valence-electron chi connectivity index (χ0n) is 10.1. The van der Waals surface area contributed by atoms with Crippen LogP contribution in [0.5, 0.6) is 0 Å². The lowest BCUT2D eigenvalue weighted by Crippen LogP contribution is -2.48. The highest BCUT2D eigenvalue weighted by atomic mass is 19.4. The molecule has 0 aromatic heterocycles. The molecule has 1 saturated heterocycles. The monoisotopic (exact) mass is 284 g/mol. The molecule has 1 heterocycles. The molecule has 1 unspecified atom stereocenters. The number of morpholine rings is 1. The molecule has 1 aliphatic rings. The maximum absolute atomic E-state index is 11.9. The molecule has 0 aliphatic carbocycles. The van der Waals surface area contributed by atoms with Crippen molar-refractivity contribution in [2.75, 3.05) is 32.8 Å². The largest absolute Gasteiger partial charge is 0.481 e. The van der Waals surface area contributed by atoms with Crippen LogP contribution in [0.2, 0.25) is 0 Å². The number of nitrogens with one attached hydrogen (secondary N) is 1. The Morgan fingerprint density at radius 1 is 1.42 bits per heavy atom. The lowest BCUT2D eigenvalue weighted by atomic mass is 10.2. The zero-order valence-corrected chi connectivity index (χ0v) is 10.1. The molecule has 1 rings (SSSR count). The zero-order chi connectivity index (χ0) is 14.5. The van der Waals surface area contributed by atoms with Crippen LogP contribution in [0.15, 0.2) is 0 Å². The number of nitrogens with zero attached hydrogens (tertiary/aromatic N) is 1. The summed E-state index contributed by atoms with van der Waals surface area (Å²) in [6.07, 6.45) is -5.17. The minimum Gasteiger partial charge on any atom is -0.481 e. The summed E-state index contributed by atoms with van der Waals surface area (Å²) >= 11 is 0. The standard InChI is InChI=1S/C10H15F3N2O4/c11-10(12,13)6-14-8(16)5-15-1-2-19-7(4-15)3-9(17)18/h7H,1-6H2,(H,14,16)(H,17,18). The van der Waals surface area contributed by atoms with Gasteiger partial charge in [0.25, 0.3) is 0 Å². The van der Waals surface area contributed by atoms with Gasteiger partial charge in [-0.2, -0.15) is 13.2 Å². The molecule has 1 atom stereocenters. The summed E-state index contributed by atoms with van der Waals surface area (Å²) in [5.41, 5.74) is 0. The molecular weight excluding hydrogens is 269 g/mol. The molecule has 1 amide bonds. The minimum absolute atomic E-state index is 0.194. The third kappa shape index (κ3) is 6.97. The molecule has 19 heavy (non-hydrogen) atoms. The van der Waals surface area contributed by atoms with Crippen LogP contribution < -0.4 is 5.32 Å². The predicted molar refractivity (Wildman–Crippen MR) is 57.5 cm³/mol. The van der Waals surface area contributed by atoms with Crippen molar-refractivity contribution in [2.45, 2.75) is 18.7 Å². The van der Waals surface area contributed by atoms with Gasteiger partial charge in [-0.25, -0.2) is 0 Å². The second kappa shape index (κ2) is 6.71. The van der Waals surface area contributed by atoms with Crippen molar-refractivity contribution in [3.8, 4) is 0 Å². The van der Waals surface area contributed by atoms with E-state index >= 15 is 0 Å². The number of carboxylic acids is 1. The van der Waals surface area contributed by atoms with Gasteiger partial charge in [0.2, 0.25) is 5.91 Å². The van der Waals surface area contributed by atoms with Crippen LogP contribution in [0.3, 0.4) is 0 Å². The van der Waals surface area contributed by atoms with Crippen LogP contribution in [0.1, 0.15) is 6.42 Å². The Morgan fingerprint density at radius 2 is 2.11 bits per heavy atom. The van der Waals surface area contributed by atoms with Gasteiger partial charge in [0, 0.05) is 13.1 Å². The van der Waals surface area contributed by atoms with Crippen LogP contribution in [0.4, 0.5) is 13.2 Å². The minimum atomic E-state index is -4.44. The van der Waals surface area contributed by atoms with E-state index in [1.807, 2.05) is 0 Å². The van der Waals surface area contributed by atoms with Gasteiger partial charge in [-0.1, -0.05) is 0 Å². The number of carbonyl (C=O) groups is 2.